The lowest BCUT2D eigenvalue weighted by Crippen LogP contribution is -2.05. The fourth-order valence-electron chi connectivity index (χ4n) is 2.53. The summed E-state index contributed by atoms with van der Waals surface area (Å²) in [6, 6.07) is 16.6. The molecule has 0 unspecified atom stereocenters. The lowest BCUT2D eigenvalue weighted by atomic mass is 10.1. The van der Waals surface area contributed by atoms with E-state index in [0.717, 1.165) is 11.8 Å². The number of benzene rings is 2. The molecule has 0 saturated heterocycles. The minimum atomic E-state index is -0.0209. The van der Waals surface area contributed by atoms with Crippen molar-refractivity contribution in [3.8, 4) is 11.5 Å². The number of ether oxygens (including phenoxy) is 1. The number of anilines is 1. The van der Waals surface area contributed by atoms with Crippen LogP contribution in [-0.2, 0) is 13.2 Å². The highest BCUT2D eigenvalue weighted by Gasteiger charge is 2.11. The van der Waals surface area contributed by atoms with E-state index in [1.165, 1.54) is 6.07 Å². The molecule has 0 spiro atoms. The second kappa shape index (κ2) is 8.91. The summed E-state index contributed by atoms with van der Waals surface area (Å²) in [4.78, 5) is 4.30. The van der Waals surface area contributed by atoms with Crippen molar-refractivity contribution < 1.29 is 15.1 Å². The zero-order valence-corrected chi connectivity index (χ0v) is 15.1. The Balaban J connectivity index is 1.73. The monoisotopic (exact) mass is 383 g/mol. The Hall–Kier alpha value is -3.25. The van der Waals surface area contributed by atoms with Crippen LogP contribution in [0.4, 0.5) is 5.82 Å². The van der Waals surface area contributed by atoms with Crippen LogP contribution < -0.4 is 10.1 Å². The van der Waals surface area contributed by atoms with Crippen molar-refractivity contribution in [2.75, 3.05) is 5.32 Å². The van der Waals surface area contributed by atoms with Crippen LogP contribution in [0, 0.1) is 0 Å². The highest BCUT2D eigenvalue weighted by Crippen LogP contribution is 2.28. The van der Waals surface area contributed by atoms with Gasteiger partial charge in [-0.15, -0.1) is 0 Å². The van der Waals surface area contributed by atoms with E-state index in [1.807, 2.05) is 36.4 Å². The second-order valence-electron chi connectivity index (χ2n) is 5.73. The highest BCUT2D eigenvalue weighted by molar-refractivity contribution is 6.31. The fourth-order valence-corrected chi connectivity index (χ4v) is 2.78. The van der Waals surface area contributed by atoms with Gasteiger partial charge < -0.3 is 20.4 Å². The molecule has 0 aliphatic carbocycles. The Morgan fingerprint density at radius 1 is 1.15 bits per heavy atom. The van der Waals surface area contributed by atoms with Gasteiger partial charge in [0.2, 0.25) is 0 Å². The molecule has 0 radical (unpaired) electrons. The standard InChI is InChI=1S/C20H18ClN3O3/c21-17-9-15(19(25)16(10-17)12-24-26)11-23-20-18(7-4-8-22-20)27-13-14-5-2-1-3-6-14/h1-10,12,25-26H,11,13H2,(H,22,23)/b24-12+. The van der Waals surface area contributed by atoms with Gasteiger partial charge in [0.25, 0.3) is 0 Å². The molecule has 7 heteroatoms. The molecule has 3 aromatic rings. The first kappa shape index (κ1) is 18.5. The molecule has 0 amide bonds. The number of pyridine rings is 1. The van der Waals surface area contributed by atoms with Gasteiger partial charge in [-0.05, 0) is 29.8 Å². The summed E-state index contributed by atoms with van der Waals surface area (Å²) in [7, 11) is 0. The molecule has 0 bridgehead atoms. The van der Waals surface area contributed by atoms with Gasteiger partial charge in [-0.3, -0.25) is 0 Å². The number of rotatable bonds is 7. The number of aromatic nitrogens is 1. The number of hydrogen-bond acceptors (Lipinski definition) is 6. The van der Waals surface area contributed by atoms with Gasteiger partial charge in [-0.25, -0.2) is 4.98 Å². The summed E-state index contributed by atoms with van der Waals surface area (Å²) >= 11 is 6.07. The minimum absolute atomic E-state index is 0.0209. The van der Waals surface area contributed by atoms with Gasteiger partial charge in [0.15, 0.2) is 11.6 Å². The van der Waals surface area contributed by atoms with Crippen LogP contribution in [0.15, 0.2) is 65.9 Å². The van der Waals surface area contributed by atoms with Gasteiger partial charge in [-0.2, -0.15) is 0 Å². The molecular formula is C20H18ClN3O3. The van der Waals surface area contributed by atoms with E-state index in [0.29, 0.717) is 34.3 Å². The average Bonchev–Trinajstić information content (AvgIpc) is 2.69. The number of oxime groups is 1. The number of phenols is 1. The molecule has 0 aliphatic heterocycles. The Kier molecular flexibility index (Phi) is 6.12. The van der Waals surface area contributed by atoms with E-state index in [2.05, 4.69) is 15.5 Å². The third kappa shape index (κ3) is 4.89. The van der Waals surface area contributed by atoms with Crippen LogP contribution in [-0.4, -0.2) is 21.5 Å². The predicted molar refractivity (Wildman–Crippen MR) is 105 cm³/mol. The third-order valence-electron chi connectivity index (χ3n) is 3.83. The van der Waals surface area contributed by atoms with Crippen molar-refractivity contribution >= 4 is 23.6 Å². The van der Waals surface area contributed by atoms with Crippen LogP contribution in [0.1, 0.15) is 16.7 Å². The van der Waals surface area contributed by atoms with Crippen LogP contribution in [0.5, 0.6) is 11.5 Å². The smallest absolute Gasteiger partial charge is 0.169 e. The number of phenolic OH excluding ortho intramolecular Hbond substituents is 1. The van der Waals surface area contributed by atoms with Gasteiger partial charge in [-0.1, -0.05) is 47.1 Å². The molecular weight excluding hydrogens is 366 g/mol. The van der Waals surface area contributed by atoms with Crippen LogP contribution in [0.3, 0.4) is 0 Å². The maximum Gasteiger partial charge on any atom is 0.169 e. The topological polar surface area (TPSA) is 87.0 Å². The maximum absolute atomic E-state index is 10.3. The van der Waals surface area contributed by atoms with E-state index >= 15 is 0 Å². The number of nitrogens with zero attached hydrogens (tertiary/aromatic N) is 2. The largest absolute Gasteiger partial charge is 0.507 e. The minimum Gasteiger partial charge on any atom is -0.507 e. The highest BCUT2D eigenvalue weighted by atomic mass is 35.5. The van der Waals surface area contributed by atoms with E-state index in [9.17, 15) is 5.11 Å². The van der Waals surface area contributed by atoms with Crippen molar-refractivity contribution in [2.24, 2.45) is 5.16 Å². The number of aromatic hydroxyl groups is 1. The van der Waals surface area contributed by atoms with Crippen molar-refractivity contribution in [3.63, 3.8) is 0 Å². The third-order valence-corrected chi connectivity index (χ3v) is 4.05. The molecule has 0 saturated carbocycles. The molecule has 3 N–H and O–H groups in total. The van der Waals surface area contributed by atoms with E-state index < -0.39 is 0 Å². The van der Waals surface area contributed by atoms with Crippen LogP contribution >= 0.6 is 11.6 Å². The summed E-state index contributed by atoms with van der Waals surface area (Å²) in [5.74, 6) is 1.12. The van der Waals surface area contributed by atoms with E-state index in [-0.39, 0.29) is 12.3 Å². The molecule has 0 atom stereocenters. The lowest BCUT2D eigenvalue weighted by molar-refractivity contribution is 0.306. The molecule has 1 aromatic heterocycles. The molecule has 6 nitrogen and oxygen atoms in total. The van der Waals surface area contributed by atoms with Crippen molar-refractivity contribution in [1.29, 1.82) is 0 Å². The molecule has 138 valence electrons. The molecule has 2 aromatic carbocycles. The first-order valence-electron chi connectivity index (χ1n) is 8.22. The Morgan fingerprint density at radius 2 is 1.96 bits per heavy atom. The fraction of sp³-hybridized carbons (Fsp3) is 0.100. The van der Waals surface area contributed by atoms with Crippen molar-refractivity contribution in [1.82, 2.24) is 4.98 Å². The lowest BCUT2D eigenvalue weighted by Gasteiger charge is -2.13. The zero-order chi connectivity index (χ0) is 19.1. The Labute approximate surface area is 161 Å². The Bertz CT molecular complexity index is 933. The maximum atomic E-state index is 10.3. The predicted octanol–water partition coefficient (Wildman–Crippen LogP) is 4.44. The first-order valence-corrected chi connectivity index (χ1v) is 8.59. The number of hydrogen-bond donors (Lipinski definition) is 3. The molecule has 0 fully saturated rings. The summed E-state index contributed by atoms with van der Waals surface area (Å²) < 4.78 is 5.86. The summed E-state index contributed by atoms with van der Waals surface area (Å²) in [6.07, 6.45) is 2.78. The van der Waals surface area contributed by atoms with Gasteiger partial charge in [0, 0.05) is 28.9 Å². The Morgan fingerprint density at radius 3 is 2.74 bits per heavy atom. The van der Waals surface area contributed by atoms with Gasteiger partial charge in [0.1, 0.15) is 12.4 Å². The van der Waals surface area contributed by atoms with Crippen LogP contribution in [0.25, 0.3) is 0 Å². The first-order chi connectivity index (χ1) is 13.2. The summed E-state index contributed by atoms with van der Waals surface area (Å²) in [6.45, 7) is 0.679. The molecule has 27 heavy (non-hydrogen) atoms. The molecule has 1 heterocycles. The number of nitrogens with one attached hydrogen (secondary N) is 1. The number of halogens is 1. The molecule has 0 aliphatic rings. The van der Waals surface area contributed by atoms with Gasteiger partial charge in [0.05, 0.1) is 6.21 Å². The zero-order valence-electron chi connectivity index (χ0n) is 14.3. The SMILES string of the molecule is O/N=C/c1cc(Cl)cc(CNc2ncccc2OCc2ccccc2)c1O. The van der Waals surface area contributed by atoms with Gasteiger partial charge >= 0.3 is 0 Å². The van der Waals surface area contributed by atoms with Crippen molar-refractivity contribution in [2.45, 2.75) is 13.2 Å². The molecule has 3 rings (SSSR count). The quantitative estimate of drug-likeness (QED) is 0.319. The average molecular weight is 384 g/mol. The van der Waals surface area contributed by atoms with Crippen LogP contribution in [0.2, 0.25) is 5.02 Å². The second-order valence-corrected chi connectivity index (χ2v) is 6.16. The summed E-state index contributed by atoms with van der Waals surface area (Å²) in [5, 5.41) is 25.5. The normalized spacial score (nSPS) is 10.9. The van der Waals surface area contributed by atoms with Crippen molar-refractivity contribution in [3.05, 3.63) is 82.5 Å². The summed E-state index contributed by atoms with van der Waals surface area (Å²) in [5.41, 5.74) is 1.91. The van der Waals surface area contributed by atoms with E-state index in [1.54, 1.807) is 18.3 Å². The van der Waals surface area contributed by atoms with E-state index in [4.69, 9.17) is 21.5 Å².